The Morgan fingerprint density at radius 3 is 2.73 bits per heavy atom. The van der Waals surface area contributed by atoms with Crippen LogP contribution in [0, 0.1) is 0 Å². The standard InChI is InChI=1S/C23H22N2O3S2/c26-21(18-8-12-29-15-18)24-9-10-28-23(16-24)20(17-5-2-1-3-6-17)14-25(22(23)27)13-19-7-4-11-30-19/h1-8,11-12,15,20H,9-10,13-14,16H2. The Labute approximate surface area is 183 Å². The number of rotatable bonds is 4. The van der Waals surface area contributed by atoms with Gasteiger partial charge in [-0.25, -0.2) is 0 Å². The predicted molar refractivity (Wildman–Crippen MR) is 118 cm³/mol. The first-order chi connectivity index (χ1) is 14.7. The molecule has 0 N–H and O–H groups in total. The van der Waals surface area contributed by atoms with E-state index in [-0.39, 0.29) is 24.3 Å². The van der Waals surface area contributed by atoms with Crippen LogP contribution in [-0.4, -0.2) is 53.5 Å². The van der Waals surface area contributed by atoms with Gasteiger partial charge in [-0.05, 0) is 28.5 Å². The molecule has 1 spiro atoms. The van der Waals surface area contributed by atoms with Crippen molar-refractivity contribution in [1.29, 1.82) is 0 Å². The van der Waals surface area contributed by atoms with Crippen LogP contribution >= 0.6 is 22.7 Å². The highest BCUT2D eigenvalue weighted by Crippen LogP contribution is 2.43. The van der Waals surface area contributed by atoms with Crippen molar-refractivity contribution in [1.82, 2.24) is 9.80 Å². The van der Waals surface area contributed by atoms with Gasteiger partial charge in [-0.3, -0.25) is 9.59 Å². The highest BCUT2D eigenvalue weighted by Gasteiger charge is 2.58. The summed E-state index contributed by atoms with van der Waals surface area (Å²) in [7, 11) is 0. The number of carbonyl (C=O) groups excluding carboxylic acids is 2. The van der Waals surface area contributed by atoms with Crippen LogP contribution in [-0.2, 0) is 16.1 Å². The fourth-order valence-electron chi connectivity index (χ4n) is 4.48. The average molecular weight is 439 g/mol. The van der Waals surface area contributed by atoms with Crippen molar-refractivity contribution in [3.63, 3.8) is 0 Å². The van der Waals surface area contributed by atoms with Gasteiger partial charge >= 0.3 is 0 Å². The maximum absolute atomic E-state index is 13.7. The Morgan fingerprint density at radius 1 is 1.13 bits per heavy atom. The second-order valence-electron chi connectivity index (χ2n) is 7.70. The van der Waals surface area contributed by atoms with Gasteiger partial charge in [-0.2, -0.15) is 11.3 Å². The van der Waals surface area contributed by atoms with Gasteiger partial charge in [0, 0.05) is 29.3 Å². The fraction of sp³-hybridized carbons (Fsp3) is 0.304. The molecule has 2 saturated heterocycles. The van der Waals surface area contributed by atoms with E-state index < -0.39 is 5.60 Å². The van der Waals surface area contributed by atoms with Crippen LogP contribution in [0.1, 0.15) is 26.7 Å². The summed E-state index contributed by atoms with van der Waals surface area (Å²) >= 11 is 3.15. The summed E-state index contributed by atoms with van der Waals surface area (Å²) in [5, 5.41) is 5.79. The summed E-state index contributed by atoms with van der Waals surface area (Å²) in [5.74, 6) is -0.174. The number of carbonyl (C=O) groups is 2. The molecule has 0 bridgehead atoms. The van der Waals surface area contributed by atoms with E-state index >= 15 is 0 Å². The number of nitrogens with zero attached hydrogens (tertiary/aromatic N) is 2. The number of hydrogen-bond acceptors (Lipinski definition) is 5. The lowest BCUT2D eigenvalue weighted by Gasteiger charge is -2.42. The number of amides is 2. The van der Waals surface area contributed by atoms with Crippen molar-refractivity contribution < 1.29 is 14.3 Å². The first kappa shape index (κ1) is 19.5. The Kier molecular flexibility index (Phi) is 5.18. The number of likely N-dealkylation sites (tertiary alicyclic amines) is 1. The molecule has 2 amide bonds. The minimum atomic E-state index is -1.04. The zero-order chi connectivity index (χ0) is 20.6. The van der Waals surface area contributed by atoms with Crippen molar-refractivity contribution in [3.05, 3.63) is 80.7 Å². The molecule has 5 nitrogen and oxygen atoms in total. The zero-order valence-corrected chi connectivity index (χ0v) is 18.0. The largest absolute Gasteiger partial charge is 0.361 e. The Balaban J connectivity index is 1.48. The summed E-state index contributed by atoms with van der Waals surface area (Å²) in [5.41, 5.74) is 0.710. The predicted octanol–water partition coefficient (Wildman–Crippen LogP) is 3.85. The molecule has 2 atom stereocenters. The molecule has 2 aliphatic rings. The maximum atomic E-state index is 13.7. The van der Waals surface area contributed by atoms with Crippen molar-refractivity contribution in [2.75, 3.05) is 26.2 Å². The highest BCUT2D eigenvalue weighted by molar-refractivity contribution is 7.09. The first-order valence-corrected chi connectivity index (χ1v) is 11.8. The van der Waals surface area contributed by atoms with Gasteiger partial charge in [0.1, 0.15) is 0 Å². The van der Waals surface area contributed by atoms with Crippen LogP contribution in [0.4, 0.5) is 0 Å². The molecule has 0 saturated carbocycles. The van der Waals surface area contributed by atoms with Gasteiger partial charge in [0.25, 0.3) is 11.8 Å². The average Bonchev–Trinajstić information content (AvgIpc) is 3.54. The first-order valence-electron chi connectivity index (χ1n) is 9.99. The van der Waals surface area contributed by atoms with Crippen molar-refractivity contribution >= 4 is 34.5 Å². The molecule has 4 heterocycles. The lowest BCUT2D eigenvalue weighted by molar-refractivity contribution is -0.160. The number of thiophene rings is 2. The summed E-state index contributed by atoms with van der Waals surface area (Å²) in [6.07, 6.45) is 0. The molecule has 5 rings (SSSR count). The molecule has 154 valence electrons. The van der Waals surface area contributed by atoms with Crippen LogP contribution in [0.2, 0.25) is 0 Å². The highest BCUT2D eigenvalue weighted by atomic mass is 32.1. The van der Waals surface area contributed by atoms with E-state index in [1.807, 2.05) is 51.4 Å². The van der Waals surface area contributed by atoms with Crippen LogP contribution in [0.3, 0.4) is 0 Å². The van der Waals surface area contributed by atoms with Gasteiger partial charge < -0.3 is 14.5 Å². The van der Waals surface area contributed by atoms with E-state index in [1.54, 1.807) is 16.2 Å². The van der Waals surface area contributed by atoms with E-state index in [1.165, 1.54) is 11.3 Å². The molecule has 30 heavy (non-hydrogen) atoms. The Bertz CT molecular complexity index is 1020. The number of morpholine rings is 1. The number of hydrogen-bond donors (Lipinski definition) is 0. The van der Waals surface area contributed by atoms with E-state index in [2.05, 4.69) is 18.2 Å². The van der Waals surface area contributed by atoms with Crippen LogP contribution < -0.4 is 0 Å². The molecular formula is C23H22N2O3S2. The summed E-state index contributed by atoms with van der Waals surface area (Å²) in [6.45, 7) is 2.29. The molecule has 7 heteroatoms. The third-order valence-corrected chi connectivity index (χ3v) is 7.49. The SMILES string of the molecule is O=C(c1ccsc1)N1CCOC2(C1)C(=O)N(Cc1cccs1)CC2c1ccccc1. The lowest BCUT2D eigenvalue weighted by Crippen LogP contribution is -2.59. The Hall–Kier alpha value is -2.48. The molecule has 2 aliphatic heterocycles. The van der Waals surface area contributed by atoms with Gasteiger partial charge in [0.2, 0.25) is 0 Å². The van der Waals surface area contributed by atoms with Gasteiger partial charge in [0.05, 0.1) is 25.3 Å². The van der Waals surface area contributed by atoms with Gasteiger partial charge in [0.15, 0.2) is 5.60 Å². The van der Waals surface area contributed by atoms with Crippen LogP contribution in [0.5, 0.6) is 0 Å². The van der Waals surface area contributed by atoms with E-state index in [9.17, 15) is 9.59 Å². The fourth-order valence-corrected chi connectivity index (χ4v) is 5.83. The number of benzene rings is 1. The zero-order valence-electron chi connectivity index (χ0n) is 16.4. The lowest BCUT2D eigenvalue weighted by atomic mass is 9.83. The van der Waals surface area contributed by atoms with Gasteiger partial charge in [-0.15, -0.1) is 11.3 Å². The quantitative estimate of drug-likeness (QED) is 0.622. The summed E-state index contributed by atoms with van der Waals surface area (Å²) in [6, 6.07) is 16.0. The topological polar surface area (TPSA) is 49.9 Å². The van der Waals surface area contributed by atoms with E-state index in [0.717, 1.165) is 10.4 Å². The molecule has 0 radical (unpaired) electrons. The van der Waals surface area contributed by atoms with Gasteiger partial charge in [-0.1, -0.05) is 36.4 Å². The third-order valence-electron chi connectivity index (χ3n) is 5.95. The summed E-state index contributed by atoms with van der Waals surface area (Å²) in [4.78, 5) is 31.6. The van der Waals surface area contributed by atoms with Crippen molar-refractivity contribution in [3.8, 4) is 0 Å². The van der Waals surface area contributed by atoms with Crippen molar-refractivity contribution in [2.45, 2.75) is 18.1 Å². The molecule has 0 aliphatic carbocycles. The summed E-state index contributed by atoms with van der Waals surface area (Å²) < 4.78 is 6.27. The number of ether oxygens (including phenoxy) is 1. The monoisotopic (exact) mass is 438 g/mol. The second-order valence-corrected chi connectivity index (χ2v) is 9.52. The second kappa shape index (κ2) is 7.98. The smallest absolute Gasteiger partial charge is 0.257 e. The molecule has 2 fully saturated rings. The van der Waals surface area contributed by atoms with E-state index in [4.69, 9.17) is 4.74 Å². The normalized spacial score (nSPS) is 24.0. The Morgan fingerprint density at radius 2 is 2.00 bits per heavy atom. The third kappa shape index (κ3) is 3.37. The maximum Gasteiger partial charge on any atom is 0.257 e. The molecule has 2 aromatic heterocycles. The van der Waals surface area contributed by atoms with Crippen molar-refractivity contribution in [2.24, 2.45) is 0 Å². The van der Waals surface area contributed by atoms with Crippen LogP contribution in [0.25, 0.3) is 0 Å². The van der Waals surface area contributed by atoms with Crippen LogP contribution in [0.15, 0.2) is 64.7 Å². The molecule has 1 aromatic carbocycles. The van der Waals surface area contributed by atoms with E-state index in [0.29, 0.717) is 31.8 Å². The molecular weight excluding hydrogens is 416 g/mol. The minimum absolute atomic E-state index is 0.0208. The minimum Gasteiger partial charge on any atom is -0.361 e. The molecule has 3 aromatic rings. The molecule has 2 unspecified atom stereocenters.